The van der Waals surface area contributed by atoms with E-state index in [4.69, 9.17) is 27.6 Å². The van der Waals surface area contributed by atoms with Crippen LogP contribution < -0.4 is 5.32 Å². The average molecular weight is 335 g/mol. The van der Waals surface area contributed by atoms with E-state index in [-0.39, 0.29) is 12.1 Å². The van der Waals surface area contributed by atoms with Crippen molar-refractivity contribution in [3.05, 3.63) is 64.3 Å². The molecule has 1 N–H and O–H groups in total. The first-order valence-electron chi connectivity index (χ1n) is 6.87. The fourth-order valence-electron chi connectivity index (χ4n) is 2.79. The summed E-state index contributed by atoms with van der Waals surface area (Å²) in [6.07, 6.45) is 3.99. The number of furan rings is 1. The predicted molar refractivity (Wildman–Crippen MR) is 84.3 cm³/mol. The van der Waals surface area contributed by atoms with Crippen molar-refractivity contribution in [3.63, 3.8) is 0 Å². The first-order valence-corrected chi connectivity index (χ1v) is 7.62. The van der Waals surface area contributed by atoms with Crippen molar-refractivity contribution < 1.29 is 4.42 Å². The number of hydrogen-bond acceptors (Lipinski definition) is 4. The summed E-state index contributed by atoms with van der Waals surface area (Å²) < 4.78 is 7.40. The number of anilines is 1. The number of rotatable bonds is 2. The van der Waals surface area contributed by atoms with Crippen LogP contribution >= 0.6 is 23.2 Å². The fourth-order valence-corrected chi connectivity index (χ4v) is 3.09. The number of hydrogen-bond donors (Lipinski definition) is 1. The van der Waals surface area contributed by atoms with Gasteiger partial charge in [0, 0.05) is 6.42 Å². The third-order valence-electron chi connectivity index (χ3n) is 3.85. The molecule has 3 heterocycles. The summed E-state index contributed by atoms with van der Waals surface area (Å²) in [4.78, 5) is 4.27. The van der Waals surface area contributed by atoms with Crippen LogP contribution in [0.25, 0.3) is 0 Å². The summed E-state index contributed by atoms with van der Waals surface area (Å²) in [6, 6.07) is 9.54. The summed E-state index contributed by atoms with van der Waals surface area (Å²) in [5, 5.41) is 8.76. The van der Waals surface area contributed by atoms with Crippen LogP contribution in [0.5, 0.6) is 0 Å². The molecule has 5 nitrogen and oxygen atoms in total. The molecule has 2 atom stereocenters. The van der Waals surface area contributed by atoms with Crippen LogP contribution in [-0.2, 0) is 0 Å². The third-order valence-corrected chi connectivity index (χ3v) is 4.59. The highest BCUT2D eigenvalue weighted by Crippen LogP contribution is 2.38. The molecule has 0 saturated carbocycles. The summed E-state index contributed by atoms with van der Waals surface area (Å²) in [5.74, 6) is 1.57. The minimum Gasteiger partial charge on any atom is -0.467 e. The Labute approximate surface area is 136 Å². The topological polar surface area (TPSA) is 55.9 Å². The maximum Gasteiger partial charge on any atom is 0.222 e. The highest BCUT2D eigenvalue weighted by atomic mass is 35.5. The van der Waals surface area contributed by atoms with Gasteiger partial charge in [0.1, 0.15) is 18.1 Å². The number of fused-ring (bicyclic) bond motifs is 1. The second-order valence-electron chi connectivity index (χ2n) is 5.17. The Kier molecular flexibility index (Phi) is 3.32. The van der Waals surface area contributed by atoms with E-state index >= 15 is 0 Å². The summed E-state index contributed by atoms with van der Waals surface area (Å²) in [7, 11) is 0. The molecule has 0 saturated heterocycles. The molecule has 2 aromatic heterocycles. The molecule has 0 aliphatic carbocycles. The third kappa shape index (κ3) is 2.26. The Morgan fingerprint density at radius 1 is 1.23 bits per heavy atom. The van der Waals surface area contributed by atoms with Crippen molar-refractivity contribution in [2.45, 2.75) is 18.5 Å². The molecule has 0 amide bonds. The van der Waals surface area contributed by atoms with Gasteiger partial charge >= 0.3 is 0 Å². The number of nitrogens with zero attached hydrogens (tertiary/aromatic N) is 3. The SMILES string of the molecule is Clc1ccc([C@@H]2C[C@@H](c3ccco3)n3ncnc3N2)cc1Cl. The van der Waals surface area contributed by atoms with Crippen LogP contribution in [0.1, 0.15) is 29.8 Å². The van der Waals surface area contributed by atoms with Crippen LogP contribution in [0, 0.1) is 0 Å². The van der Waals surface area contributed by atoms with E-state index < -0.39 is 0 Å². The highest BCUT2D eigenvalue weighted by molar-refractivity contribution is 6.42. The minimum atomic E-state index is -0.00629. The smallest absolute Gasteiger partial charge is 0.222 e. The Balaban J connectivity index is 1.73. The standard InChI is InChI=1S/C15H12Cl2N4O/c16-10-4-3-9(6-11(10)17)12-7-13(14-2-1-5-22-14)21-15(20-12)18-8-19-21/h1-6,8,12-13H,7H2,(H,18,19,20)/t12-,13-/m0/s1. The second kappa shape index (κ2) is 5.34. The largest absolute Gasteiger partial charge is 0.467 e. The fraction of sp³-hybridized carbons (Fsp3) is 0.200. The molecule has 0 fully saturated rings. The van der Waals surface area contributed by atoms with Crippen LogP contribution in [0.15, 0.2) is 47.3 Å². The maximum absolute atomic E-state index is 6.14. The van der Waals surface area contributed by atoms with E-state index in [1.54, 1.807) is 6.26 Å². The van der Waals surface area contributed by atoms with Crippen LogP contribution in [-0.4, -0.2) is 14.8 Å². The zero-order valence-corrected chi connectivity index (χ0v) is 12.9. The number of aromatic nitrogens is 3. The molecule has 0 unspecified atom stereocenters. The average Bonchev–Trinajstić information content (AvgIpc) is 3.19. The molecule has 7 heteroatoms. The Bertz CT molecular complexity index is 800. The van der Waals surface area contributed by atoms with Gasteiger partial charge in [0.15, 0.2) is 0 Å². The molecular formula is C15H12Cl2N4O. The Morgan fingerprint density at radius 3 is 2.91 bits per heavy atom. The van der Waals surface area contributed by atoms with Gasteiger partial charge in [0.05, 0.1) is 22.4 Å². The lowest BCUT2D eigenvalue weighted by Crippen LogP contribution is -2.27. The molecule has 112 valence electrons. The monoisotopic (exact) mass is 334 g/mol. The van der Waals surface area contributed by atoms with Crippen LogP contribution in [0.4, 0.5) is 5.95 Å². The Hall–Kier alpha value is -1.98. The van der Waals surface area contributed by atoms with Crippen molar-refractivity contribution >= 4 is 29.2 Å². The van der Waals surface area contributed by atoms with E-state index in [1.165, 1.54) is 6.33 Å². The van der Waals surface area contributed by atoms with Crippen molar-refractivity contribution in [2.24, 2.45) is 0 Å². The van der Waals surface area contributed by atoms with E-state index in [1.807, 2.05) is 35.0 Å². The van der Waals surface area contributed by atoms with Gasteiger partial charge in [-0.05, 0) is 29.8 Å². The van der Waals surface area contributed by atoms with Crippen molar-refractivity contribution in [1.82, 2.24) is 14.8 Å². The number of benzene rings is 1. The molecule has 1 aromatic carbocycles. The number of nitrogens with one attached hydrogen (secondary N) is 1. The quantitative estimate of drug-likeness (QED) is 0.758. The lowest BCUT2D eigenvalue weighted by Gasteiger charge is -2.30. The normalized spacial score (nSPS) is 20.5. The zero-order chi connectivity index (χ0) is 15.1. The van der Waals surface area contributed by atoms with Gasteiger partial charge in [-0.25, -0.2) is 4.68 Å². The summed E-state index contributed by atoms with van der Waals surface area (Å²) in [5.41, 5.74) is 1.06. The maximum atomic E-state index is 6.14. The van der Waals surface area contributed by atoms with E-state index in [2.05, 4.69) is 15.4 Å². The lowest BCUT2D eigenvalue weighted by molar-refractivity contribution is 0.358. The van der Waals surface area contributed by atoms with Gasteiger partial charge < -0.3 is 9.73 Å². The predicted octanol–water partition coefficient (Wildman–Crippen LogP) is 4.32. The van der Waals surface area contributed by atoms with Crippen LogP contribution in [0.2, 0.25) is 10.0 Å². The van der Waals surface area contributed by atoms with E-state index in [0.29, 0.717) is 16.0 Å². The molecular weight excluding hydrogens is 323 g/mol. The van der Waals surface area contributed by atoms with Crippen molar-refractivity contribution in [3.8, 4) is 0 Å². The van der Waals surface area contributed by atoms with Gasteiger partial charge in [-0.2, -0.15) is 10.1 Å². The molecule has 0 radical (unpaired) electrons. The molecule has 4 rings (SSSR count). The summed E-state index contributed by atoms with van der Waals surface area (Å²) in [6.45, 7) is 0. The second-order valence-corrected chi connectivity index (χ2v) is 5.98. The van der Waals surface area contributed by atoms with Gasteiger partial charge in [-0.1, -0.05) is 29.3 Å². The van der Waals surface area contributed by atoms with Crippen molar-refractivity contribution in [2.75, 3.05) is 5.32 Å². The molecule has 1 aliphatic heterocycles. The number of halogens is 2. The summed E-state index contributed by atoms with van der Waals surface area (Å²) >= 11 is 12.1. The lowest BCUT2D eigenvalue weighted by atomic mass is 9.96. The molecule has 1 aliphatic rings. The van der Waals surface area contributed by atoms with E-state index in [9.17, 15) is 0 Å². The molecule has 0 bridgehead atoms. The first kappa shape index (κ1) is 13.7. The van der Waals surface area contributed by atoms with Gasteiger partial charge in [-0.15, -0.1) is 0 Å². The van der Waals surface area contributed by atoms with Gasteiger partial charge in [-0.3, -0.25) is 0 Å². The van der Waals surface area contributed by atoms with Gasteiger partial charge in [0.2, 0.25) is 5.95 Å². The van der Waals surface area contributed by atoms with Crippen LogP contribution in [0.3, 0.4) is 0 Å². The molecule has 3 aromatic rings. The van der Waals surface area contributed by atoms with Gasteiger partial charge in [0.25, 0.3) is 0 Å². The van der Waals surface area contributed by atoms with Crippen molar-refractivity contribution in [1.29, 1.82) is 0 Å². The zero-order valence-electron chi connectivity index (χ0n) is 11.4. The molecule has 0 spiro atoms. The minimum absolute atomic E-state index is 0.00629. The Morgan fingerprint density at radius 2 is 2.14 bits per heavy atom. The highest BCUT2D eigenvalue weighted by Gasteiger charge is 2.31. The first-order chi connectivity index (χ1) is 10.7. The van der Waals surface area contributed by atoms with E-state index in [0.717, 1.165) is 17.7 Å². The molecule has 22 heavy (non-hydrogen) atoms.